The highest BCUT2D eigenvalue weighted by Gasteiger charge is 2.13. The number of aryl methyl sites for hydroxylation is 2. The van der Waals surface area contributed by atoms with Crippen molar-refractivity contribution < 1.29 is 23.7 Å². The summed E-state index contributed by atoms with van der Waals surface area (Å²) in [6.45, 7) is 7.30. The zero-order valence-electron chi connectivity index (χ0n) is 19.6. The van der Waals surface area contributed by atoms with E-state index in [0.717, 1.165) is 75.7 Å². The second-order valence-corrected chi connectivity index (χ2v) is 7.81. The quantitative estimate of drug-likeness (QED) is 0.163. The van der Waals surface area contributed by atoms with Crippen molar-refractivity contribution in [3.63, 3.8) is 0 Å². The van der Waals surface area contributed by atoms with Gasteiger partial charge >= 0.3 is 6.16 Å². The first-order chi connectivity index (χ1) is 15.7. The van der Waals surface area contributed by atoms with Crippen LogP contribution in [0.5, 0.6) is 11.5 Å². The lowest BCUT2D eigenvalue weighted by atomic mass is 10.1. The third-order valence-corrected chi connectivity index (χ3v) is 5.09. The Bertz CT molecular complexity index is 711. The topological polar surface area (TPSA) is 54.0 Å². The van der Waals surface area contributed by atoms with Crippen molar-refractivity contribution >= 4 is 6.16 Å². The van der Waals surface area contributed by atoms with E-state index in [1.807, 2.05) is 36.4 Å². The first kappa shape index (κ1) is 25.9. The Hall–Kier alpha value is -2.37. The summed E-state index contributed by atoms with van der Waals surface area (Å²) in [5.41, 5.74) is 1.95. The molecule has 2 aromatic carbocycles. The Morgan fingerprint density at radius 3 is 1.47 bits per heavy atom. The van der Waals surface area contributed by atoms with E-state index in [1.165, 1.54) is 0 Å². The minimum Gasteiger partial charge on any atom is -0.394 e. The normalized spacial score (nSPS) is 10.8. The highest BCUT2D eigenvalue weighted by molar-refractivity contribution is 5.68. The van der Waals surface area contributed by atoms with Crippen molar-refractivity contribution in [1.29, 1.82) is 0 Å². The molecule has 0 saturated carbocycles. The molecule has 0 aliphatic rings. The summed E-state index contributed by atoms with van der Waals surface area (Å²) in [7, 11) is 0. The fourth-order valence-corrected chi connectivity index (χ4v) is 3.25. The Labute approximate surface area is 193 Å². The highest BCUT2D eigenvalue weighted by atomic mass is 16.7. The van der Waals surface area contributed by atoms with Gasteiger partial charge in [0.05, 0.1) is 0 Å². The van der Waals surface area contributed by atoms with Gasteiger partial charge in [-0.05, 0) is 61.8 Å². The Balaban J connectivity index is 1.84. The highest BCUT2D eigenvalue weighted by Crippen LogP contribution is 2.23. The van der Waals surface area contributed by atoms with Gasteiger partial charge in [-0.15, -0.1) is 0 Å². The SMILES string of the molecule is CCCCOCCCc1ccccc1OC(=O)Oc1ccccc1CCCOCCCC. The molecule has 0 atom stereocenters. The summed E-state index contributed by atoms with van der Waals surface area (Å²) in [6, 6.07) is 15.2. The fraction of sp³-hybridized carbons (Fsp3) is 0.519. The van der Waals surface area contributed by atoms with Gasteiger partial charge in [0.1, 0.15) is 11.5 Å². The van der Waals surface area contributed by atoms with E-state index in [4.69, 9.17) is 18.9 Å². The van der Waals surface area contributed by atoms with E-state index >= 15 is 0 Å². The van der Waals surface area contributed by atoms with Gasteiger partial charge in [0.15, 0.2) is 0 Å². The Morgan fingerprint density at radius 1 is 0.625 bits per heavy atom. The number of para-hydroxylation sites is 2. The Kier molecular flexibility index (Phi) is 13.2. The van der Waals surface area contributed by atoms with Crippen molar-refractivity contribution in [3.05, 3.63) is 59.7 Å². The molecule has 0 amide bonds. The molecule has 5 heteroatoms. The molecular formula is C27H38O5. The van der Waals surface area contributed by atoms with Crippen LogP contribution in [-0.2, 0) is 22.3 Å². The summed E-state index contributed by atoms with van der Waals surface area (Å²) < 4.78 is 22.3. The van der Waals surface area contributed by atoms with Crippen LogP contribution < -0.4 is 9.47 Å². The van der Waals surface area contributed by atoms with Gasteiger partial charge < -0.3 is 18.9 Å². The first-order valence-electron chi connectivity index (χ1n) is 12.0. The molecule has 0 spiro atoms. The molecule has 0 aromatic heterocycles. The van der Waals surface area contributed by atoms with E-state index < -0.39 is 6.16 Å². The third-order valence-electron chi connectivity index (χ3n) is 5.09. The lowest BCUT2D eigenvalue weighted by Crippen LogP contribution is -2.16. The summed E-state index contributed by atoms with van der Waals surface area (Å²) in [6.07, 6.45) is 7.03. The molecule has 0 bridgehead atoms. The van der Waals surface area contributed by atoms with Gasteiger partial charge in [-0.3, -0.25) is 0 Å². The molecule has 32 heavy (non-hydrogen) atoms. The van der Waals surface area contributed by atoms with E-state index in [9.17, 15) is 4.79 Å². The van der Waals surface area contributed by atoms with Crippen molar-refractivity contribution in [2.75, 3.05) is 26.4 Å². The molecule has 0 unspecified atom stereocenters. The van der Waals surface area contributed by atoms with Crippen molar-refractivity contribution in [1.82, 2.24) is 0 Å². The van der Waals surface area contributed by atoms with Crippen molar-refractivity contribution in [2.45, 2.75) is 65.2 Å². The number of hydrogen-bond acceptors (Lipinski definition) is 5. The summed E-state index contributed by atoms with van der Waals surface area (Å²) in [4.78, 5) is 12.5. The number of hydrogen-bond donors (Lipinski definition) is 0. The molecule has 0 aliphatic carbocycles. The van der Waals surface area contributed by atoms with Crippen LogP contribution in [0.3, 0.4) is 0 Å². The molecule has 0 saturated heterocycles. The molecular weight excluding hydrogens is 404 g/mol. The number of carbonyl (C=O) groups is 1. The van der Waals surface area contributed by atoms with Crippen LogP contribution in [0, 0.1) is 0 Å². The maximum absolute atomic E-state index is 12.5. The number of unbranched alkanes of at least 4 members (excludes halogenated alkanes) is 2. The van der Waals surface area contributed by atoms with Crippen LogP contribution in [0.2, 0.25) is 0 Å². The second-order valence-electron chi connectivity index (χ2n) is 7.81. The average Bonchev–Trinajstić information content (AvgIpc) is 2.80. The van der Waals surface area contributed by atoms with E-state index in [2.05, 4.69) is 13.8 Å². The van der Waals surface area contributed by atoms with Crippen LogP contribution in [0.15, 0.2) is 48.5 Å². The second kappa shape index (κ2) is 16.3. The summed E-state index contributed by atoms with van der Waals surface area (Å²) in [5, 5.41) is 0. The van der Waals surface area contributed by atoms with Gasteiger partial charge in [-0.25, -0.2) is 4.79 Å². The number of benzene rings is 2. The smallest absolute Gasteiger partial charge is 0.394 e. The molecule has 176 valence electrons. The van der Waals surface area contributed by atoms with Gasteiger partial charge in [0.2, 0.25) is 0 Å². The maximum Gasteiger partial charge on any atom is 0.519 e. The Morgan fingerprint density at radius 2 is 1.03 bits per heavy atom. The lowest BCUT2D eigenvalue weighted by molar-refractivity contribution is 0.128. The zero-order valence-corrected chi connectivity index (χ0v) is 19.6. The molecule has 0 aliphatic heterocycles. The van der Waals surface area contributed by atoms with E-state index in [1.54, 1.807) is 12.1 Å². The van der Waals surface area contributed by atoms with Crippen molar-refractivity contribution in [2.24, 2.45) is 0 Å². The molecule has 2 rings (SSSR count). The van der Waals surface area contributed by atoms with Crippen LogP contribution in [-0.4, -0.2) is 32.6 Å². The van der Waals surface area contributed by atoms with Gasteiger partial charge in [-0.2, -0.15) is 0 Å². The predicted molar refractivity (Wildman–Crippen MR) is 128 cm³/mol. The van der Waals surface area contributed by atoms with Crippen LogP contribution in [0.25, 0.3) is 0 Å². The molecule has 0 radical (unpaired) electrons. The maximum atomic E-state index is 12.5. The fourth-order valence-electron chi connectivity index (χ4n) is 3.25. The number of ether oxygens (including phenoxy) is 4. The number of carbonyl (C=O) groups excluding carboxylic acids is 1. The van der Waals surface area contributed by atoms with Gasteiger partial charge in [0.25, 0.3) is 0 Å². The third kappa shape index (κ3) is 10.3. The molecule has 2 aromatic rings. The van der Waals surface area contributed by atoms with Crippen LogP contribution >= 0.6 is 0 Å². The van der Waals surface area contributed by atoms with E-state index in [0.29, 0.717) is 24.7 Å². The van der Waals surface area contributed by atoms with Gasteiger partial charge in [-0.1, -0.05) is 63.1 Å². The van der Waals surface area contributed by atoms with Crippen LogP contribution in [0.1, 0.15) is 63.5 Å². The zero-order chi connectivity index (χ0) is 22.9. The first-order valence-corrected chi connectivity index (χ1v) is 12.0. The number of rotatable bonds is 16. The molecule has 0 heterocycles. The predicted octanol–water partition coefficient (Wildman–Crippen LogP) is 6.76. The lowest BCUT2D eigenvalue weighted by Gasteiger charge is -2.12. The average molecular weight is 443 g/mol. The molecule has 0 N–H and O–H groups in total. The van der Waals surface area contributed by atoms with Crippen LogP contribution in [0.4, 0.5) is 4.79 Å². The minimum atomic E-state index is -0.719. The van der Waals surface area contributed by atoms with E-state index in [-0.39, 0.29) is 0 Å². The minimum absolute atomic E-state index is 0.535. The monoisotopic (exact) mass is 442 g/mol. The summed E-state index contributed by atoms with van der Waals surface area (Å²) in [5.74, 6) is 1.07. The summed E-state index contributed by atoms with van der Waals surface area (Å²) >= 11 is 0. The van der Waals surface area contributed by atoms with Gasteiger partial charge in [0, 0.05) is 26.4 Å². The molecule has 0 fully saturated rings. The largest absolute Gasteiger partial charge is 0.519 e. The van der Waals surface area contributed by atoms with Crippen molar-refractivity contribution in [3.8, 4) is 11.5 Å². The standard InChI is InChI=1S/C27H38O5/c1-3-5-19-29-21-11-15-23-13-7-9-17-25(23)31-27(28)32-26-18-10-8-14-24(26)16-12-22-30-20-6-4-2/h7-10,13-14,17-18H,3-6,11-12,15-16,19-22H2,1-2H3. The molecule has 5 nitrogen and oxygen atoms in total.